The van der Waals surface area contributed by atoms with Gasteiger partial charge in [-0.25, -0.2) is 0 Å². The lowest BCUT2D eigenvalue weighted by Crippen LogP contribution is -1.84. The highest BCUT2D eigenvalue weighted by atomic mass is 24.5. The second-order valence-electron chi connectivity index (χ2n) is 2.06. The van der Waals surface area contributed by atoms with Crippen molar-refractivity contribution in [3.05, 3.63) is 0 Å². The summed E-state index contributed by atoms with van der Waals surface area (Å²) in [4.78, 5) is 0. The van der Waals surface area contributed by atoms with E-state index in [4.69, 9.17) is 0 Å². The van der Waals surface area contributed by atoms with Gasteiger partial charge in [-0.2, -0.15) is 0 Å². The molecule has 0 rings (SSSR count). The largest absolute Gasteiger partial charge is 0.364 e. The first-order valence-corrected chi connectivity index (χ1v) is 5.41. The summed E-state index contributed by atoms with van der Waals surface area (Å²) < 4.78 is 3.13. The highest BCUT2D eigenvalue weighted by Gasteiger charge is 1.88. The molecule has 0 radical (unpaired) electrons. The third-order valence-corrected chi connectivity index (χ3v) is 3.62. The summed E-state index contributed by atoms with van der Waals surface area (Å²) in [5, 5.41) is 0. The van der Waals surface area contributed by atoms with E-state index in [0.29, 0.717) is 20.4 Å². The molecule has 0 amide bonds. The zero-order valence-corrected chi connectivity index (χ0v) is 6.95. The van der Waals surface area contributed by atoms with Crippen LogP contribution >= 0.6 is 0 Å². The van der Waals surface area contributed by atoms with Gasteiger partial charge in [0.05, 0.1) is 0 Å². The molecular formula is C6H14Mg. The summed E-state index contributed by atoms with van der Waals surface area (Å²) >= 11 is 0.411. The zero-order valence-electron chi connectivity index (χ0n) is 5.54. The first-order valence-electron chi connectivity index (χ1n) is 3.41. The van der Waals surface area contributed by atoms with Gasteiger partial charge in [-0.05, 0) is 0 Å². The predicted octanol–water partition coefficient (Wildman–Crippen LogP) is 2.35. The number of hydrogen-bond donors (Lipinski definition) is 0. The van der Waals surface area contributed by atoms with E-state index in [-0.39, 0.29) is 0 Å². The average molecular weight is 110 g/mol. The Kier molecular flexibility index (Phi) is 7.51. The van der Waals surface area contributed by atoms with Gasteiger partial charge in [0.15, 0.2) is 0 Å². The fraction of sp³-hybridized carbons (Fsp3) is 1.00. The van der Waals surface area contributed by atoms with Gasteiger partial charge < -0.3 is 0 Å². The monoisotopic (exact) mass is 110 g/mol. The van der Waals surface area contributed by atoms with Crippen molar-refractivity contribution in [2.45, 2.75) is 35.8 Å². The fourth-order valence-corrected chi connectivity index (χ4v) is 2.03. The smallest absolute Gasteiger partial charge is 0.146 e. The Morgan fingerprint density at radius 2 is 1.43 bits per heavy atom. The van der Waals surface area contributed by atoms with Crippen LogP contribution in [0.1, 0.15) is 26.7 Å². The van der Waals surface area contributed by atoms with Gasteiger partial charge >= 0.3 is 20.4 Å². The first-order chi connectivity index (χ1) is 3.41. The van der Waals surface area contributed by atoms with E-state index in [1.165, 1.54) is 12.8 Å². The van der Waals surface area contributed by atoms with Crippen LogP contribution in [0.3, 0.4) is 0 Å². The standard InChI is InChI=1S/2C3H7.Mg/c2*1-3-2;/h2*1,3H2,2H3;. The molecule has 0 aliphatic carbocycles. The molecule has 40 valence electrons. The molecule has 0 saturated heterocycles. The van der Waals surface area contributed by atoms with E-state index in [2.05, 4.69) is 13.8 Å². The van der Waals surface area contributed by atoms with Gasteiger partial charge in [0, 0.05) is 0 Å². The van der Waals surface area contributed by atoms with Crippen LogP contribution in [0.5, 0.6) is 0 Å². The zero-order chi connectivity index (χ0) is 5.54. The summed E-state index contributed by atoms with van der Waals surface area (Å²) in [6.07, 6.45) is 2.85. The molecule has 0 fully saturated rings. The lowest BCUT2D eigenvalue weighted by Gasteiger charge is -1.86. The minimum absolute atomic E-state index is 0.411. The molecule has 1 heteroatoms. The predicted molar refractivity (Wildman–Crippen MR) is 35.9 cm³/mol. The molecule has 0 aromatic rings. The van der Waals surface area contributed by atoms with Crippen molar-refractivity contribution in [2.75, 3.05) is 0 Å². The Bertz CT molecular complexity index is 23.4. The van der Waals surface area contributed by atoms with Crippen molar-refractivity contribution in [3.63, 3.8) is 0 Å². The van der Waals surface area contributed by atoms with Crippen LogP contribution in [0.15, 0.2) is 0 Å². The third-order valence-electron chi connectivity index (χ3n) is 1.21. The second-order valence-corrected chi connectivity index (χ2v) is 4.18. The first kappa shape index (κ1) is 7.77. The number of rotatable bonds is 4. The topological polar surface area (TPSA) is 0 Å². The molecule has 0 heterocycles. The van der Waals surface area contributed by atoms with Crippen LogP contribution in [0, 0.1) is 0 Å². The van der Waals surface area contributed by atoms with Crippen LogP contribution in [0.4, 0.5) is 0 Å². The maximum absolute atomic E-state index is 2.28. The Balaban J connectivity index is 2.45. The molecule has 0 nitrogen and oxygen atoms in total. The Labute approximate surface area is 56.4 Å². The highest BCUT2D eigenvalue weighted by Crippen LogP contribution is 1.92. The Morgan fingerprint density at radius 1 is 1.00 bits per heavy atom. The molecule has 0 aliphatic rings. The third kappa shape index (κ3) is 6.77. The molecule has 0 N–H and O–H groups in total. The van der Waals surface area contributed by atoms with Gasteiger partial charge in [0.25, 0.3) is 0 Å². The maximum Gasteiger partial charge on any atom is 0.364 e. The summed E-state index contributed by atoms with van der Waals surface area (Å²) in [6.45, 7) is 4.56. The molecule has 0 aromatic heterocycles. The average Bonchev–Trinajstić information content (AvgIpc) is 1.69. The van der Waals surface area contributed by atoms with Crippen molar-refractivity contribution in [3.8, 4) is 0 Å². The van der Waals surface area contributed by atoms with E-state index >= 15 is 0 Å². The molecule has 0 saturated carbocycles. The van der Waals surface area contributed by atoms with Crippen LogP contribution in [0.2, 0.25) is 9.10 Å². The second kappa shape index (κ2) is 6.77. The molecular weight excluding hydrogens is 96.4 g/mol. The van der Waals surface area contributed by atoms with Crippen molar-refractivity contribution in [1.82, 2.24) is 0 Å². The highest BCUT2D eigenvalue weighted by molar-refractivity contribution is 6.35. The van der Waals surface area contributed by atoms with Crippen molar-refractivity contribution < 1.29 is 0 Å². The van der Waals surface area contributed by atoms with Crippen LogP contribution in [-0.2, 0) is 0 Å². The lowest BCUT2D eigenvalue weighted by molar-refractivity contribution is 1.02. The summed E-state index contributed by atoms with van der Waals surface area (Å²) in [6, 6.07) is 0. The van der Waals surface area contributed by atoms with Gasteiger partial charge in [-0.1, -0.05) is 26.7 Å². The van der Waals surface area contributed by atoms with Crippen molar-refractivity contribution in [1.29, 1.82) is 0 Å². The molecule has 0 atom stereocenters. The molecule has 7 heavy (non-hydrogen) atoms. The molecule has 0 spiro atoms. The van der Waals surface area contributed by atoms with Crippen LogP contribution in [0.25, 0.3) is 0 Å². The normalized spacial score (nSPS) is 8.29. The van der Waals surface area contributed by atoms with E-state index in [9.17, 15) is 0 Å². The fourth-order valence-electron chi connectivity index (χ4n) is 0.677. The van der Waals surface area contributed by atoms with Crippen LogP contribution in [-0.4, -0.2) is 20.4 Å². The van der Waals surface area contributed by atoms with Gasteiger partial charge in [0.1, 0.15) is 0 Å². The van der Waals surface area contributed by atoms with Gasteiger partial charge in [0.2, 0.25) is 0 Å². The van der Waals surface area contributed by atoms with Gasteiger partial charge in [-0.15, -0.1) is 9.10 Å². The van der Waals surface area contributed by atoms with Crippen molar-refractivity contribution >= 4 is 20.4 Å². The Hall–Kier alpha value is 0.766. The van der Waals surface area contributed by atoms with Gasteiger partial charge in [-0.3, -0.25) is 0 Å². The van der Waals surface area contributed by atoms with E-state index in [1.807, 2.05) is 0 Å². The van der Waals surface area contributed by atoms with E-state index < -0.39 is 0 Å². The van der Waals surface area contributed by atoms with Crippen LogP contribution < -0.4 is 0 Å². The summed E-state index contributed by atoms with van der Waals surface area (Å²) in [7, 11) is 0. The lowest BCUT2D eigenvalue weighted by atomic mass is 10.6. The summed E-state index contributed by atoms with van der Waals surface area (Å²) in [5.41, 5.74) is 0. The Morgan fingerprint density at radius 3 is 1.71 bits per heavy atom. The maximum atomic E-state index is 2.28. The molecule has 0 aromatic carbocycles. The molecule has 0 aliphatic heterocycles. The SMILES string of the molecule is CC[CH2][Mg][CH2]CC. The summed E-state index contributed by atoms with van der Waals surface area (Å²) in [5.74, 6) is 0. The van der Waals surface area contributed by atoms with Crippen molar-refractivity contribution in [2.24, 2.45) is 0 Å². The quantitative estimate of drug-likeness (QED) is 0.385. The number of hydrogen-bond acceptors (Lipinski definition) is 0. The minimum Gasteiger partial charge on any atom is -0.146 e. The van der Waals surface area contributed by atoms with E-state index in [1.54, 1.807) is 9.10 Å². The minimum atomic E-state index is 0.411. The molecule has 0 bridgehead atoms. The molecule has 0 unspecified atom stereocenters. The van der Waals surface area contributed by atoms with E-state index in [0.717, 1.165) is 0 Å².